The lowest BCUT2D eigenvalue weighted by Crippen LogP contribution is -2.09. The number of nitrogens with zero attached hydrogens (tertiary/aromatic N) is 2. The number of aromatic nitrogens is 2. The molecular formula is C25H23Cl2N3O2S. The lowest BCUT2D eigenvalue weighted by atomic mass is 10.1. The third-order valence-electron chi connectivity index (χ3n) is 5.09. The van der Waals surface area contributed by atoms with Gasteiger partial charge in [-0.05, 0) is 61.0 Å². The van der Waals surface area contributed by atoms with E-state index in [1.807, 2.05) is 31.4 Å². The predicted molar refractivity (Wildman–Crippen MR) is 135 cm³/mol. The van der Waals surface area contributed by atoms with Gasteiger partial charge in [0, 0.05) is 11.8 Å². The minimum atomic E-state index is -0.178. The molecule has 4 aromatic rings. The number of anilines is 1. The van der Waals surface area contributed by atoms with Gasteiger partial charge in [0.05, 0.1) is 33.4 Å². The molecule has 0 radical (unpaired) electrons. The molecule has 0 saturated carbocycles. The highest BCUT2D eigenvalue weighted by atomic mass is 35.5. The quantitative estimate of drug-likeness (QED) is 0.296. The van der Waals surface area contributed by atoms with Crippen molar-refractivity contribution in [1.29, 1.82) is 0 Å². The molecule has 0 saturated heterocycles. The van der Waals surface area contributed by atoms with Gasteiger partial charge in [0.1, 0.15) is 12.4 Å². The van der Waals surface area contributed by atoms with Crippen LogP contribution >= 0.6 is 34.5 Å². The molecule has 5 nitrogen and oxygen atoms in total. The molecular weight excluding hydrogens is 477 g/mol. The van der Waals surface area contributed by atoms with Gasteiger partial charge >= 0.3 is 0 Å². The van der Waals surface area contributed by atoms with Crippen LogP contribution in [0.1, 0.15) is 37.5 Å². The maximum absolute atomic E-state index is 12.7. The number of hydrogen-bond acceptors (Lipinski definition) is 4. The molecule has 0 atom stereocenters. The van der Waals surface area contributed by atoms with Crippen LogP contribution in [0.5, 0.6) is 5.75 Å². The highest BCUT2D eigenvalue weighted by molar-refractivity contribution is 7.12. The summed E-state index contributed by atoms with van der Waals surface area (Å²) in [6, 6.07) is 11.5. The number of amides is 1. The molecule has 8 heteroatoms. The molecule has 2 aromatic carbocycles. The Morgan fingerprint density at radius 3 is 2.55 bits per heavy atom. The standard InChI is InChI=1S/C25H23Cl2N3O2S/c1-15-6-16(2)24(17(3)7-15)32-13-19-9-23(33-14-19)25(31)29-20-10-28-30(12-20)11-18-4-5-21(26)22(27)8-18/h4-10,12,14H,11,13H2,1-3H3,(H,29,31). The van der Waals surface area contributed by atoms with E-state index in [0.29, 0.717) is 33.8 Å². The van der Waals surface area contributed by atoms with Gasteiger partial charge in [0.15, 0.2) is 0 Å². The Balaban J connectivity index is 1.36. The van der Waals surface area contributed by atoms with Crippen molar-refractivity contribution in [3.8, 4) is 5.75 Å². The number of halogens is 2. The number of ether oxygens (including phenoxy) is 1. The van der Waals surface area contributed by atoms with E-state index in [4.69, 9.17) is 27.9 Å². The molecule has 0 unspecified atom stereocenters. The summed E-state index contributed by atoms with van der Waals surface area (Å²) in [5, 5.41) is 10.2. The fourth-order valence-electron chi connectivity index (χ4n) is 3.65. The van der Waals surface area contributed by atoms with Crippen molar-refractivity contribution in [2.45, 2.75) is 33.9 Å². The van der Waals surface area contributed by atoms with Crippen molar-refractivity contribution in [1.82, 2.24) is 9.78 Å². The number of benzene rings is 2. The summed E-state index contributed by atoms with van der Waals surface area (Å²) in [4.78, 5) is 13.3. The molecule has 0 aliphatic rings. The maximum Gasteiger partial charge on any atom is 0.265 e. The summed E-state index contributed by atoms with van der Waals surface area (Å²) in [6.45, 7) is 7.10. The molecule has 0 aliphatic heterocycles. The Bertz CT molecular complexity index is 1290. The largest absolute Gasteiger partial charge is 0.488 e. The van der Waals surface area contributed by atoms with Crippen LogP contribution in [0.4, 0.5) is 5.69 Å². The lowest BCUT2D eigenvalue weighted by Gasteiger charge is -2.12. The lowest BCUT2D eigenvalue weighted by molar-refractivity contribution is 0.103. The normalized spacial score (nSPS) is 10.9. The van der Waals surface area contributed by atoms with Crippen molar-refractivity contribution in [3.05, 3.63) is 96.9 Å². The molecule has 2 aromatic heterocycles. The minimum Gasteiger partial charge on any atom is -0.488 e. The van der Waals surface area contributed by atoms with Crippen LogP contribution in [0.3, 0.4) is 0 Å². The fraction of sp³-hybridized carbons (Fsp3) is 0.200. The van der Waals surface area contributed by atoms with E-state index in [-0.39, 0.29) is 5.91 Å². The van der Waals surface area contributed by atoms with Crippen molar-refractivity contribution in [3.63, 3.8) is 0 Å². The summed E-state index contributed by atoms with van der Waals surface area (Å²) in [5.74, 6) is 0.718. The summed E-state index contributed by atoms with van der Waals surface area (Å²) < 4.78 is 7.77. The van der Waals surface area contributed by atoms with Gasteiger partial charge in [-0.3, -0.25) is 9.48 Å². The number of aryl methyl sites for hydroxylation is 3. The first kappa shape index (κ1) is 23.4. The zero-order valence-corrected chi connectivity index (χ0v) is 20.8. The van der Waals surface area contributed by atoms with E-state index in [0.717, 1.165) is 28.0 Å². The number of carbonyl (C=O) groups excluding carboxylic acids is 1. The smallest absolute Gasteiger partial charge is 0.265 e. The van der Waals surface area contributed by atoms with Crippen LogP contribution in [-0.4, -0.2) is 15.7 Å². The molecule has 0 spiro atoms. The first-order valence-corrected chi connectivity index (χ1v) is 12.0. The second kappa shape index (κ2) is 10.00. The first-order chi connectivity index (χ1) is 15.8. The first-order valence-electron chi connectivity index (χ1n) is 10.3. The van der Waals surface area contributed by atoms with Crippen molar-refractivity contribution < 1.29 is 9.53 Å². The predicted octanol–water partition coefficient (Wildman–Crippen LogP) is 7.06. The van der Waals surface area contributed by atoms with Crippen LogP contribution in [0.2, 0.25) is 10.0 Å². The van der Waals surface area contributed by atoms with E-state index < -0.39 is 0 Å². The van der Waals surface area contributed by atoms with Crippen molar-refractivity contribution in [2.75, 3.05) is 5.32 Å². The van der Waals surface area contributed by atoms with Crippen molar-refractivity contribution in [2.24, 2.45) is 0 Å². The van der Waals surface area contributed by atoms with Gasteiger partial charge in [-0.2, -0.15) is 5.10 Å². The molecule has 1 N–H and O–H groups in total. The molecule has 4 rings (SSSR count). The zero-order valence-electron chi connectivity index (χ0n) is 18.5. The van der Waals surface area contributed by atoms with Crippen LogP contribution < -0.4 is 10.1 Å². The summed E-state index contributed by atoms with van der Waals surface area (Å²) >= 11 is 13.4. The summed E-state index contributed by atoms with van der Waals surface area (Å²) in [7, 11) is 0. The number of nitrogens with one attached hydrogen (secondary N) is 1. The van der Waals surface area contributed by atoms with Crippen LogP contribution in [0.25, 0.3) is 0 Å². The summed E-state index contributed by atoms with van der Waals surface area (Å²) in [5.41, 5.74) is 5.98. The molecule has 2 heterocycles. The van der Waals surface area contributed by atoms with Gasteiger partial charge in [0.2, 0.25) is 0 Å². The fourth-order valence-corrected chi connectivity index (χ4v) is 4.77. The maximum atomic E-state index is 12.7. The number of hydrogen-bond donors (Lipinski definition) is 1. The Kier molecular flexibility index (Phi) is 7.08. The third kappa shape index (κ3) is 5.77. The van der Waals surface area contributed by atoms with E-state index in [1.165, 1.54) is 16.9 Å². The van der Waals surface area contributed by atoms with Crippen LogP contribution in [0.15, 0.2) is 54.2 Å². The van der Waals surface area contributed by atoms with E-state index in [2.05, 4.69) is 29.5 Å². The van der Waals surface area contributed by atoms with Crippen molar-refractivity contribution >= 4 is 46.1 Å². The molecule has 33 heavy (non-hydrogen) atoms. The number of rotatable bonds is 7. The second-order valence-corrected chi connectivity index (χ2v) is 9.69. The van der Waals surface area contributed by atoms with Gasteiger partial charge in [-0.25, -0.2) is 0 Å². The zero-order chi connectivity index (χ0) is 23.5. The highest BCUT2D eigenvalue weighted by Gasteiger charge is 2.12. The SMILES string of the molecule is Cc1cc(C)c(OCc2csc(C(=O)Nc3cnn(Cc4ccc(Cl)c(Cl)c4)c3)c2)c(C)c1. The minimum absolute atomic E-state index is 0.178. The van der Waals surface area contributed by atoms with E-state index >= 15 is 0 Å². The Morgan fingerprint density at radius 1 is 1.06 bits per heavy atom. The topological polar surface area (TPSA) is 56.1 Å². The molecule has 0 bridgehead atoms. The molecule has 1 amide bonds. The molecule has 0 fully saturated rings. The number of carbonyl (C=O) groups is 1. The van der Waals surface area contributed by atoms with Crippen LogP contribution in [-0.2, 0) is 13.2 Å². The third-order valence-corrected chi connectivity index (χ3v) is 6.80. The average molecular weight is 500 g/mol. The molecule has 170 valence electrons. The average Bonchev–Trinajstić information content (AvgIpc) is 3.39. The second-order valence-electron chi connectivity index (χ2n) is 7.96. The van der Waals surface area contributed by atoms with Gasteiger partial charge < -0.3 is 10.1 Å². The van der Waals surface area contributed by atoms with Crippen LogP contribution in [0, 0.1) is 20.8 Å². The van der Waals surface area contributed by atoms with E-state index in [1.54, 1.807) is 29.2 Å². The Morgan fingerprint density at radius 2 is 1.82 bits per heavy atom. The van der Waals surface area contributed by atoms with E-state index in [9.17, 15) is 4.79 Å². The van der Waals surface area contributed by atoms with Gasteiger partial charge in [0.25, 0.3) is 5.91 Å². The monoisotopic (exact) mass is 499 g/mol. The van der Waals surface area contributed by atoms with Gasteiger partial charge in [-0.1, -0.05) is 47.0 Å². The Hall–Kier alpha value is -2.80. The Labute approximate surface area is 206 Å². The highest BCUT2D eigenvalue weighted by Crippen LogP contribution is 2.27. The molecule has 0 aliphatic carbocycles. The van der Waals surface area contributed by atoms with Gasteiger partial charge in [-0.15, -0.1) is 11.3 Å². The summed E-state index contributed by atoms with van der Waals surface area (Å²) in [6.07, 6.45) is 3.40. The number of thiophene rings is 1.